The number of carbonyl (C=O) groups is 2. The van der Waals surface area contributed by atoms with E-state index in [1.165, 1.54) is 6.07 Å². The fourth-order valence-corrected chi connectivity index (χ4v) is 3.38. The van der Waals surface area contributed by atoms with Crippen LogP contribution < -0.4 is 5.32 Å². The highest BCUT2D eigenvalue weighted by atomic mass is 32.1. The maximum atomic E-state index is 11.6. The Balaban J connectivity index is 1.76. The van der Waals surface area contributed by atoms with Gasteiger partial charge in [0, 0.05) is 11.4 Å². The van der Waals surface area contributed by atoms with Crippen molar-refractivity contribution in [3.63, 3.8) is 0 Å². The third-order valence-corrected chi connectivity index (χ3v) is 5.02. The average Bonchev–Trinajstić information content (AvgIpc) is 3.02. The van der Waals surface area contributed by atoms with Crippen LogP contribution in [0.2, 0.25) is 0 Å². The Hall–Kier alpha value is -2.42. The smallest absolute Gasteiger partial charge is 0.407 e. The van der Waals surface area contributed by atoms with E-state index < -0.39 is 24.3 Å². The van der Waals surface area contributed by atoms with Gasteiger partial charge in [0.2, 0.25) is 0 Å². The maximum Gasteiger partial charge on any atom is 0.407 e. The lowest BCUT2D eigenvalue weighted by Gasteiger charge is -2.17. The number of amides is 1. The van der Waals surface area contributed by atoms with Gasteiger partial charge in [0.1, 0.15) is 17.6 Å². The first-order valence-electron chi connectivity index (χ1n) is 8.02. The molecule has 0 bridgehead atoms. The maximum absolute atomic E-state index is 11.6. The highest BCUT2D eigenvalue weighted by Gasteiger charge is 2.24. The second kappa shape index (κ2) is 9.33. The first-order chi connectivity index (χ1) is 12.4. The zero-order valence-electron chi connectivity index (χ0n) is 14.2. The van der Waals surface area contributed by atoms with Crippen molar-refractivity contribution in [1.29, 1.82) is 0 Å². The fourth-order valence-electron chi connectivity index (χ4n) is 2.32. The van der Waals surface area contributed by atoms with Gasteiger partial charge < -0.3 is 25.4 Å². The molecule has 8 heteroatoms. The average molecular weight is 379 g/mol. The molecule has 1 aromatic carbocycles. The van der Waals surface area contributed by atoms with Crippen LogP contribution in [0.3, 0.4) is 0 Å². The fraction of sp³-hybridized carbons (Fsp3) is 0.333. The SMILES string of the molecule is Cc1cc(C(=O)O)sc1C(O)C(O)CCNC(=O)OCc1ccccc1. The summed E-state index contributed by atoms with van der Waals surface area (Å²) in [6.45, 7) is 1.93. The first kappa shape index (κ1) is 19.9. The van der Waals surface area contributed by atoms with Gasteiger partial charge in [-0.3, -0.25) is 0 Å². The number of carbonyl (C=O) groups excluding carboxylic acids is 1. The van der Waals surface area contributed by atoms with E-state index in [1.54, 1.807) is 6.92 Å². The van der Waals surface area contributed by atoms with E-state index in [9.17, 15) is 19.8 Å². The lowest BCUT2D eigenvalue weighted by Crippen LogP contribution is -2.29. The Kier molecular flexibility index (Phi) is 7.14. The molecule has 1 amide bonds. The minimum Gasteiger partial charge on any atom is -0.477 e. The van der Waals surface area contributed by atoms with Crippen molar-refractivity contribution in [3.05, 3.63) is 57.3 Å². The van der Waals surface area contributed by atoms with Crippen LogP contribution >= 0.6 is 11.3 Å². The van der Waals surface area contributed by atoms with E-state index >= 15 is 0 Å². The number of hydrogen-bond acceptors (Lipinski definition) is 6. The lowest BCUT2D eigenvalue weighted by molar-refractivity contribution is 0.0154. The zero-order valence-corrected chi connectivity index (χ0v) is 15.0. The van der Waals surface area contributed by atoms with Gasteiger partial charge in [-0.05, 0) is 30.5 Å². The summed E-state index contributed by atoms with van der Waals surface area (Å²) in [5.41, 5.74) is 1.47. The molecule has 4 N–H and O–H groups in total. The Labute approximate surface area is 154 Å². The van der Waals surface area contributed by atoms with Crippen molar-refractivity contribution in [2.45, 2.75) is 32.2 Å². The summed E-state index contributed by atoms with van der Waals surface area (Å²) in [7, 11) is 0. The van der Waals surface area contributed by atoms with Crippen molar-refractivity contribution < 1.29 is 29.6 Å². The second-order valence-electron chi connectivity index (χ2n) is 5.75. The molecule has 2 aromatic rings. The topological polar surface area (TPSA) is 116 Å². The van der Waals surface area contributed by atoms with Crippen molar-refractivity contribution in [2.75, 3.05) is 6.54 Å². The number of aliphatic hydroxyl groups is 2. The number of alkyl carbamates (subject to hydrolysis) is 1. The molecule has 2 unspecified atom stereocenters. The van der Waals surface area contributed by atoms with Crippen molar-refractivity contribution in [1.82, 2.24) is 5.32 Å². The van der Waals surface area contributed by atoms with Gasteiger partial charge in [0.25, 0.3) is 0 Å². The molecular weight excluding hydrogens is 358 g/mol. The van der Waals surface area contributed by atoms with Crippen LogP contribution in [0, 0.1) is 6.92 Å². The number of ether oxygens (including phenoxy) is 1. The molecule has 0 aliphatic carbocycles. The summed E-state index contributed by atoms with van der Waals surface area (Å²) in [5.74, 6) is -1.08. The quantitative estimate of drug-likeness (QED) is 0.560. The van der Waals surface area contributed by atoms with Crippen LogP contribution in [0.4, 0.5) is 4.79 Å². The van der Waals surface area contributed by atoms with Gasteiger partial charge in [0.05, 0.1) is 6.10 Å². The zero-order chi connectivity index (χ0) is 19.1. The summed E-state index contributed by atoms with van der Waals surface area (Å²) < 4.78 is 5.05. The predicted octanol–water partition coefficient (Wildman–Crippen LogP) is 2.47. The van der Waals surface area contributed by atoms with Crippen LogP contribution in [0.5, 0.6) is 0 Å². The van der Waals surface area contributed by atoms with E-state index in [4.69, 9.17) is 9.84 Å². The molecule has 1 aromatic heterocycles. The number of rotatable bonds is 8. The summed E-state index contributed by atoms with van der Waals surface area (Å²) in [4.78, 5) is 23.1. The molecule has 0 saturated heterocycles. The Bertz CT molecular complexity index is 745. The largest absolute Gasteiger partial charge is 0.477 e. The Morgan fingerprint density at radius 2 is 1.92 bits per heavy atom. The lowest BCUT2D eigenvalue weighted by atomic mass is 10.1. The molecule has 26 heavy (non-hydrogen) atoms. The molecule has 0 aliphatic rings. The highest BCUT2D eigenvalue weighted by Crippen LogP contribution is 2.30. The van der Waals surface area contributed by atoms with Gasteiger partial charge in [0.15, 0.2) is 0 Å². The van der Waals surface area contributed by atoms with Crippen LogP contribution in [0.1, 0.15) is 38.2 Å². The highest BCUT2D eigenvalue weighted by molar-refractivity contribution is 7.14. The standard InChI is InChI=1S/C18H21NO6S/c1-11-9-14(17(22)23)26-16(11)15(21)13(20)7-8-19-18(24)25-10-12-5-3-2-4-6-12/h2-6,9,13,15,20-21H,7-8,10H2,1H3,(H,19,24)(H,22,23). The third kappa shape index (κ3) is 5.55. The first-order valence-corrected chi connectivity index (χ1v) is 8.84. The van der Waals surface area contributed by atoms with E-state index in [0.29, 0.717) is 10.4 Å². The molecule has 1 heterocycles. The van der Waals surface area contributed by atoms with Crippen LogP contribution in [0.15, 0.2) is 36.4 Å². The second-order valence-corrected chi connectivity index (χ2v) is 6.84. The Morgan fingerprint density at radius 3 is 2.54 bits per heavy atom. The van der Waals surface area contributed by atoms with Crippen molar-refractivity contribution >= 4 is 23.4 Å². The van der Waals surface area contributed by atoms with Gasteiger partial charge in [-0.25, -0.2) is 9.59 Å². The molecule has 2 atom stereocenters. The van der Waals surface area contributed by atoms with Crippen molar-refractivity contribution in [3.8, 4) is 0 Å². The van der Waals surface area contributed by atoms with Crippen LogP contribution in [-0.2, 0) is 11.3 Å². The molecule has 0 fully saturated rings. The van der Waals surface area contributed by atoms with E-state index in [1.807, 2.05) is 30.3 Å². The minimum atomic E-state index is -1.21. The summed E-state index contributed by atoms with van der Waals surface area (Å²) in [5, 5.41) is 31.8. The molecule has 0 aliphatic heterocycles. The van der Waals surface area contributed by atoms with Crippen molar-refractivity contribution in [2.24, 2.45) is 0 Å². The van der Waals surface area contributed by atoms with Gasteiger partial charge >= 0.3 is 12.1 Å². The molecular formula is C18H21NO6S. The number of carboxylic acids is 1. The third-order valence-electron chi connectivity index (χ3n) is 3.72. The normalized spacial score (nSPS) is 13.0. The van der Waals surface area contributed by atoms with Gasteiger partial charge in [-0.15, -0.1) is 11.3 Å². The number of benzene rings is 1. The number of thiophene rings is 1. The number of aliphatic hydroxyl groups excluding tert-OH is 2. The summed E-state index contributed by atoms with van der Waals surface area (Å²) in [6.07, 6.45) is -2.86. The monoisotopic (exact) mass is 379 g/mol. The van der Waals surface area contributed by atoms with E-state index in [0.717, 1.165) is 16.9 Å². The minimum absolute atomic E-state index is 0.0986. The summed E-state index contributed by atoms with van der Waals surface area (Å²) >= 11 is 0.928. The number of carboxylic acid groups (broad SMARTS) is 1. The van der Waals surface area contributed by atoms with Gasteiger partial charge in [-0.2, -0.15) is 0 Å². The number of nitrogens with one attached hydrogen (secondary N) is 1. The number of hydrogen-bond donors (Lipinski definition) is 4. The summed E-state index contributed by atoms with van der Waals surface area (Å²) in [6, 6.07) is 10.7. The number of aromatic carboxylic acids is 1. The predicted molar refractivity (Wildman–Crippen MR) is 96.2 cm³/mol. The van der Waals surface area contributed by atoms with Gasteiger partial charge in [-0.1, -0.05) is 30.3 Å². The molecule has 0 saturated carbocycles. The molecule has 2 rings (SSSR count). The van der Waals surface area contributed by atoms with Crippen LogP contribution in [-0.4, -0.2) is 40.0 Å². The molecule has 0 spiro atoms. The van der Waals surface area contributed by atoms with E-state index in [-0.39, 0.29) is 24.4 Å². The number of aryl methyl sites for hydroxylation is 1. The molecule has 0 radical (unpaired) electrons. The molecule has 140 valence electrons. The Morgan fingerprint density at radius 1 is 1.23 bits per heavy atom. The molecule has 7 nitrogen and oxygen atoms in total. The van der Waals surface area contributed by atoms with E-state index in [2.05, 4.69) is 5.32 Å². The van der Waals surface area contributed by atoms with Crippen LogP contribution in [0.25, 0.3) is 0 Å².